The molecule has 18 heavy (non-hydrogen) atoms. The van der Waals surface area contributed by atoms with E-state index in [1.807, 2.05) is 6.07 Å². The molecule has 1 aromatic carbocycles. The number of phenolic OH excluding ortho intramolecular Hbond substituents is 1. The molecule has 0 radical (unpaired) electrons. The fourth-order valence-electron chi connectivity index (χ4n) is 2.24. The van der Waals surface area contributed by atoms with Gasteiger partial charge in [0.1, 0.15) is 12.4 Å². The summed E-state index contributed by atoms with van der Waals surface area (Å²) >= 11 is 0. The number of hydrogen-bond acceptors (Lipinski definition) is 4. The van der Waals surface area contributed by atoms with Gasteiger partial charge in [0.15, 0.2) is 0 Å². The van der Waals surface area contributed by atoms with Gasteiger partial charge in [-0.15, -0.1) is 0 Å². The summed E-state index contributed by atoms with van der Waals surface area (Å²) in [7, 11) is 0. The minimum Gasteiger partial charge on any atom is -0.508 e. The highest BCUT2D eigenvalue weighted by atomic mass is 16.6. The van der Waals surface area contributed by atoms with Crippen LogP contribution in [0.5, 0.6) is 5.75 Å². The largest absolute Gasteiger partial charge is 0.508 e. The summed E-state index contributed by atoms with van der Waals surface area (Å²) in [6.07, 6.45) is 2.59. The second-order valence-corrected chi connectivity index (χ2v) is 4.43. The van der Waals surface area contributed by atoms with Gasteiger partial charge in [0.05, 0.1) is 12.7 Å². The minimum atomic E-state index is -0.311. The SMILES string of the molecule is CCOC(=O)COC1CCc2cc(O)ccc2C1. The lowest BCUT2D eigenvalue weighted by atomic mass is 9.89. The summed E-state index contributed by atoms with van der Waals surface area (Å²) in [6, 6.07) is 5.41. The Morgan fingerprint density at radius 2 is 2.28 bits per heavy atom. The van der Waals surface area contributed by atoms with Crippen molar-refractivity contribution in [1.29, 1.82) is 0 Å². The third-order valence-electron chi connectivity index (χ3n) is 3.12. The quantitative estimate of drug-likeness (QED) is 0.828. The van der Waals surface area contributed by atoms with Crippen LogP contribution in [0.2, 0.25) is 0 Å². The second kappa shape index (κ2) is 5.87. The molecule has 1 atom stereocenters. The molecule has 4 nitrogen and oxygen atoms in total. The maximum Gasteiger partial charge on any atom is 0.332 e. The number of hydrogen-bond donors (Lipinski definition) is 1. The van der Waals surface area contributed by atoms with Crippen LogP contribution in [-0.4, -0.2) is 30.4 Å². The van der Waals surface area contributed by atoms with Crippen LogP contribution in [-0.2, 0) is 27.1 Å². The monoisotopic (exact) mass is 250 g/mol. The lowest BCUT2D eigenvalue weighted by molar-refractivity contribution is -0.150. The van der Waals surface area contributed by atoms with Crippen molar-refractivity contribution < 1.29 is 19.4 Å². The molecule has 1 unspecified atom stereocenters. The highest BCUT2D eigenvalue weighted by Gasteiger charge is 2.20. The number of benzene rings is 1. The van der Waals surface area contributed by atoms with Gasteiger partial charge in [-0.05, 0) is 49.4 Å². The molecule has 0 fully saturated rings. The molecule has 1 aromatic rings. The number of aromatic hydroxyl groups is 1. The molecule has 1 aliphatic rings. The average molecular weight is 250 g/mol. The first kappa shape index (κ1) is 12.9. The highest BCUT2D eigenvalue weighted by Crippen LogP contribution is 2.26. The number of aryl methyl sites for hydroxylation is 1. The van der Waals surface area contributed by atoms with Crippen molar-refractivity contribution >= 4 is 5.97 Å². The number of phenols is 1. The predicted octanol–water partition coefficient (Wildman–Crippen LogP) is 1.83. The van der Waals surface area contributed by atoms with E-state index in [0.29, 0.717) is 12.4 Å². The Morgan fingerprint density at radius 1 is 1.44 bits per heavy atom. The van der Waals surface area contributed by atoms with Gasteiger partial charge in [-0.2, -0.15) is 0 Å². The molecule has 0 aromatic heterocycles. The van der Waals surface area contributed by atoms with Crippen LogP contribution in [0.15, 0.2) is 18.2 Å². The van der Waals surface area contributed by atoms with Crippen LogP contribution in [0.4, 0.5) is 0 Å². The molecule has 0 spiro atoms. The summed E-state index contributed by atoms with van der Waals surface area (Å²) < 4.78 is 10.4. The summed E-state index contributed by atoms with van der Waals surface area (Å²) in [4.78, 5) is 11.2. The maximum atomic E-state index is 11.2. The van der Waals surface area contributed by atoms with E-state index >= 15 is 0 Å². The van der Waals surface area contributed by atoms with Gasteiger partial charge in [0, 0.05) is 0 Å². The van der Waals surface area contributed by atoms with Crippen molar-refractivity contribution in [3.63, 3.8) is 0 Å². The van der Waals surface area contributed by atoms with Crippen LogP contribution >= 0.6 is 0 Å². The number of ether oxygens (including phenoxy) is 2. The van der Waals surface area contributed by atoms with Crippen LogP contribution in [0.25, 0.3) is 0 Å². The fraction of sp³-hybridized carbons (Fsp3) is 0.500. The summed E-state index contributed by atoms with van der Waals surface area (Å²) in [5, 5.41) is 9.40. The maximum absolute atomic E-state index is 11.2. The molecule has 0 amide bonds. The molecule has 0 saturated heterocycles. The van der Waals surface area contributed by atoms with E-state index < -0.39 is 0 Å². The Labute approximate surface area is 107 Å². The van der Waals surface area contributed by atoms with E-state index in [0.717, 1.165) is 19.3 Å². The van der Waals surface area contributed by atoms with Crippen LogP contribution in [0.1, 0.15) is 24.5 Å². The van der Waals surface area contributed by atoms with Gasteiger partial charge < -0.3 is 14.6 Å². The van der Waals surface area contributed by atoms with Gasteiger partial charge in [-0.25, -0.2) is 4.79 Å². The van der Waals surface area contributed by atoms with Gasteiger partial charge in [-0.1, -0.05) is 6.07 Å². The Hall–Kier alpha value is -1.55. The van der Waals surface area contributed by atoms with Crippen LogP contribution in [0, 0.1) is 0 Å². The first-order chi connectivity index (χ1) is 8.69. The molecule has 4 heteroatoms. The molecule has 0 heterocycles. The normalized spacial score (nSPS) is 18.2. The van der Waals surface area contributed by atoms with Crippen molar-refractivity contribution in [2.24, 2.45) is 0 Å². The number of esters is 1. The van der Waals surface area contributed by atoms with Gasteiger partial charge >= 0.3 is 5.97 Å². The van der Waals surface area contributed by atoms with E-state index in [-0.39, 0.29) is 18.7 Å². The fourth-order valence-corrected chi connectivity index (χ4v) is 2.24. The Bertz CT molecular complexity index is 428. The Morgan fingerprint density at radius 3 is 3.06 bits per heavy atom. The first-order valence-corrected chi connectivity index (χ1v) is 6.27. The molecule has 0 aliphatic heterocycles. The Kier molecular flexibility index (Phi) is 4.20. The van der Waals surface area contributed by atoms with Crippen LogP contribution in [0.3, 0.4) is 0 Å². The second-order valence-electron chi connectivity index (χ2n) is 4.43. The van der Waals surface area contributed by atoms with Crippen molar-refractivity contribution in [3.8, 4) is 5.75 Å². The van der Waals surface area contributed by atoms with E-state index in [9.17, 15) is 9.90 Å². The van der Waals surface area contributed by atoms with Crippen molar-refractivity contribution in [1.82, 2.24) is 0 Å². The molecule has 1 aliphatic carbocycles. The number of fused-ring (bicyclic) bond motifs is 1. The number of rotatable bonds is 4. The van der Waals surface area contributed by atoms with Gasteiger partial charge in [0.25, 0.3) is 0 Å². The zero-order valence-corrected chi connectivity index (χ0v) is 10.5. The van der Waals surface area contributed by atoms with Crippen molar-refractivity contribution in [2.45, 2.75) is 32.3 Å². The first-order valence-electron chi connectivity index (χ1n) is 6.27. The Balaban J connectivity index is 1.88. The molecule has 0 bridgehead atoms. The van der Waals surface area contributed by atoms with E-state index in [1.54, 1.807) is 19.1 Å². The van der Waals surface area contributed by atoms with Crippen LogP contribution < -0.4 is 0 Å². The summed E-state index contributed by atoms with van der Waals surface area (Å²) in [5.41, 5.74) is 2.36. The van der Waals surface area contributed by atoms with Crippen molar-refractivity contribution in [2.75, 3.05) is 13.2 Å². The number of carbonyl (C=O) groups excluding carboxylic acids is 1. The summed E-state index contributed by atoms with van der Waals surface area (Å²) in [6.45, 7) is 2.18. The van der Waals surface area contributed by atoms with E-state index in [1.165, 1.54) is 11.1 Å². The number of carbonyl (C=O) groups is 1. The van der Waals surface area contributed by atoms with Gasteiger partial charge in [-0.3, -0.25) is 0 Å². The average Bonchev–Trinajstić information content (AvgIpc) is 2.36. The molecular weight excluding hydrogens is 232 g/mol. The van der Waals surface area contributed by atoms with E-state index in [2.05, 4.69) is 0 Å². The molecule has 1 N–H and O–H groups in total. The molecule has 0 saturated carbocycles. The zero-order chi connectivity index (χ0) is 13.0. The topological polar surface area (TPSA) is 55.8 Å². The lowest BCUT2D eigenvalue weighted by Crippen LogP contribution is -2.26. The molecular formula is C14H18O4. The minimum absolute atomic E-state index is 0.0198. The molecule has 98 valence electrons. The summed E-state index contributed by atoms with van der Waals surface area (Å²) in [5.74, 6) is -0.00588. The lowest BCUT2D eigenvalue weighted by Gasteiger charge is -2.24. The smallest absolute Gasteiger partial charge is 0.332 e. The molecule has 2 rings (SSSR count). The zero-order valence-electron chi connectivity index (χ0n) is 10.5. The van der Waals surface area contributed by atoms with Crippen molar-refractivity contribution in [3.05, 3.63) is 29.3 Å². The third-order valence-corrected chi connectivity index (χ3v) is 3.12. The standard InChI is InChI=1S/C14H18O4/c1-2-17-14(16)9-18-13-6-4-10-7-12(15)5-3-11(10)8-13/h3,5,7,13,15H,2,4,6,8-9H2,1H3. The van der Waals surface area contributed by atoms with E-state index in [4.69, 9.17) is 9.47 Å². The van der Waals surface area contributed by atoms with Gasteiger partial charge in [0.2, 0.25) is 0 Å². The highest BCUT2D eigenvalue weighted by molar-refractivity contribution is 5.70. The third kappa shape index (κ3) is 3.23. The predicted molar refractivity (Wildman–Crippen MR) is 66.5 cm³/mol.